The number of benzene rings is 2. The number of hydrogen-bond acceptors (Lipinski definition) is 4. The Morgan fingerprint density at radius 2 is 2.00 bits per heavy atom. The Morgan fingerprint density at radius 1 is 1.25 bits per heavy atom. The van der Waals surface area contributed by atoms with E-state index >= 15 is 0 Å². The second-order valence-corrected chi connectivity index (χ2v) is 5.86. The normalized spacial score (nSPS) is 11.2. The molecule has 1 atom stereocenters. The number of aromatic nitrogens is 2. The highest BCUT2D eigenvalue weighted by atomic mass is 19.1. The summed E-state index contributed by atoms with van der Waals surface area (Å²) in [6, 6.07) is 11.0. The van der Waals surface area contributed by atoms with Crippen molar-refractivity contribution in [3.05, 3.63) is 60.9 Å². The monoisotopic (exact) mass is 322 g/mol. The van der Waals surface area contributed by atoms with Gasteiger partial charge < -0.3 is 10.5 Å². The summed E-state index contributed by atoms with van der Waals surface area (Å²) in [5.41, 5.74) is 1.64. The first-order chi connectivity index (χ1) is 11.5. The maximum atomic E-state index is 13.7. The molecule has 1 radical (unpaired) electrons. The van der Waals surface area contributed by atoms with Gasteiger partial charge in [-0.25, -0.2) is 14.4 Å². The number of phenols is 1. The van der Waals surface area contributed by atoms with E-state index in [0.29, 0.717) is 34.4 Å². The molecule has 0 aliphatic carbocycles. The zero-order valence-corrected chi connectivity index (χ0v) is 13.3. The third kappa shape index (κ3) is 3.11. The Kier molecular flexibility index (Phi) is 4.25. The van der Waals surface area contributed by atoms with Crippen molar-refractivity contribution >= 4 is 16.6 Å². The zero-order valence-electron chi connectivity index (χ0n) is 13.3. The van der Waals surface area contributed by atoms with Crippen LogP contribution in [0, 0.1) is 24.1 Å². The molecule has 0 amide bonds. The van der Waals surface area contributed by atoms with Gasteiger partial charge in [-0.3, -0.25) is 0 Å². The lowest BCUT2D eigenvalue weighted by molar-refractivity contribution is 0.477. The number of rotatable bonds is 4. The number of nitrogens with zero attached hydrogens (tertiary/aromatic N) is 2. The van der Waals surface area contributed by atoms with Crippen LogP contribution in [0.3, 0.4) is 0 Å². The predicted octanol–water partition coefficient (Wildman–Crippen LogP) is 4.37. The van der Waals surface area contributed by atoms with Gasteiger partial charge in [0.25, 0.3) is 0 Å². The quantitative estimate of drug-likeness (QED) is 0.701. The molecule has 4 nitrogen and oxygen atoms in total. The number of fused-ring (bicyclic) bond motifs is 1. The first-order valence-corrected chi connectivity index (χ1v) is 7.62. The molecule has 1 aromatic heterocycles. The molecule has 24 heavy (non-hydrogen) atoms. The molecule has 0 aliphatic heterocycles. The molecule has 0 spiro atoms. The van der Waals surface area contributed by atoms with Gasteiger partial charge in [-0.05, 0) is 42.7 Å². The Hall–Kier alpha value is -2.82. The van der Waals surface area contributed by atoms with Crippen molar-refractivity contribution in [3.63, 3.8) is 0 Å². The first-order valence-electron chi connectivity index (χ1n) is 7.62. The molecule has 0 bridgehead atoms. The summed E-state index contributed by atoms with van der Waals surface area (Å²) in [6.45, 7) is 5.80. The van der Waals surface area contributed by atoms with Crippen LogP contribution in [-0.2, 0) is 0 Å². The molecule has 0 saturated carbocycles. The topological polar surface area (TPSA) is 69.9 Å². The van der Waals surface area contributed by atoms with E-state index in [-0.39, 0.29) is 17.4 Å². The molecule has 2 aromatic carbocycles. The average molecular weight is 322 g/mol. The number of hydrogen-bond donors (Lipinski definition) is 2. The van der Waals surface area contributed by atoms with Crippen LogP contribution in [0.5, 0.6) is 5.75 Å². The second-order valence-electron chi connectivity index (χ2n) is 5.86. The average Bonchev–Trinajstić information content (AvgIpc) is 2.53. The molecule has 121 valence electrons. The van der Waals surface area contributed by atoms with Crippen molar-refractivity contribution in [2.75, 3.05) is 0 Å². The van der Waals surface area contributed by atoms with Gasteiger partial charge in [-0.15, -0.1) is 0 Å². The van der Waals surface area contributed by atoms with Crippen molar-refractivity contribution in [3.8, 4) is 17.1 Å². The van der Waals surface area contributed by atoms with Crippen LogP contribution in [-0.4, -0.2) is 20.8 Å². The molecule has 1 heterocycles. The summed E-state index contributed by atoms with van der Waals surface area (Å²) >= 11 is 0. The van der Waals surface area contributed by atoms with Crippen LogP contribution in [0.2, 0.25) is 0 Å². The van der Waals surface area contributed by atoms with Crippen molar-refractivity contribution in [2.45, 2.75) is 13.3 Å². The largest absolute Gasteiger partial charge is 0.507 e. The molecule has 3 aromatic rings. The summed E-state index contributed by atoms with van der Waals surface area (Å²) < 4.78 is 13.7. The fourth-order valence-electron chi connectivity index (χ4n) is 2.56. The minimum absolute atomic E-state index is 0.0321. The second kappa shape index (κ2) is 6.35. The maximum Gasteiger partial charge on any atom is 0.164 e. The molecule has 0 fully saturated rings. The van der Waals surface area contributed by atoms with E-state index in [1.54, 1.807) is 30.3 Å². The standard InChI is InChI=1S/C19H17FN3O/c1-11(2)9-15(21)18-14-10-12(20)7-8-16(14)22-19(23-18)13-5-3-4-6-17(13)24/h3-8,10-11,21,24H,1,9H2,2H3/t11-/m0/s1. The van der Waals surface area contributed by atoms with Crippen LogP contribution in [0.1, 0.15) is 19.0 Å². The van der Waals surface area contributed by atoms with E-state index in [9.17, 15) is 9.50 Å². The summed E-state index contributed by atoms with van der Waals surface area (Å²) in [5.74, 6) is -0.00609. The van der Waals surface area contributed by atoms with Crippen molar-refractivity contribution in [1.29, 1.82) is 5.41 Å². The lowest BCUT2D eigenvalue weighted by atomic mass is 10.0. The predicted molar refractivity (Wildman–Crippen MR) is 92.6 cm³/mol. The molecule has 2 N–H and O–H groups in total. The minimum atomic E-state index is -0.405. The smallest absolute Gasteiger partial charge is 0.164 e. The lowest BCUT2D eigenvalue weighted by Crippen LogP contribution is -2.09. The third-order valence-electron chi connectivity index (χ3n) is 3.64. The molecule has 5 heteroatoms. The van der Waals surface area contributed by atoms with Gasteiger partial charge in [0, 0.05) is 5.39 Å². The molecule has 0 aliphatic rings. The molecule has 0 saturated heterocycles. The number of halogens is 1. The minimum Gasteiger partial charge on any atom is -0.507 e. The number of phenolic OH excluding ortho intramolecular Hbond substituents is 1. The van der Waals surface area contributed by atoms with Crippen LogP contribution in [0.4, 0.5) is 4.39 Å². The first kappa shape index (κ1) is 16.1. The van der Waals surface area contributed by atoms with Crippen LogP contribution >= 0.6 is 0 Å². The summed E-state index contributed by atoms with van der Waals surface area (Å²) in [5, 5.41) is 18.8. The Bertz CT molecular complexity index is 922. The van der Waals surface area contributed by atoms with Gasteiger partial charge in [0.05, 0.1) is 22.5 Å². The zero-order chi connectivity index (χ0) is 17.3. The van der Waals surface area contributed by atoms with Gasteiger partial charge in [0.2, 0.25) is 0 Å². The summed E-state index contributed by atoms with van der Waals surface area (Å²) in [7, 11) is 0. The van der Waals surface area contributed by atoms with E-state index in [4.69, 9.17) is 5.41 Å². The Balaban J connectivity index is 2.25. The molecular weight excluding hydrogens is 305 g/mol. The van der Waals surface area contributed by atoms with E-state index in [2.05, 4.69) is 16.9 Å². The lowest BCUT2D eigenvalue weighted by Gasteiger charge is -2.12. The van der Waals surface area contributed by atoms with Gasteiger partial charge in [-0.1, -0.05) is 26.0 Å². The van der Waals surface area contributed by atoms with E-state index in [1.807, 2.05) is 6.92 Å². The van der Waals surface area contributed by atoms with Crippen molar-refractivity contribution < 1.29 is 9.50 Å². The van der Waals surface area contributed by atoms with E-state index in [0.717, 1.165) is 0 Å². The fourth-order valence-corrected chi connectivity index (χ4v) is 2.56. The van der Waals surface area contributed by atoms with Crippen molar-refractivity contribution in [2.24, 2.45) is 5.92 Å². The van der Waals surface area contributed by atoms with Crippen LogP contribution < -0.4 is 0 Å². The molecule has 3 rings (SSSR count). The maximum absolute atomic E-state index is 13.7. The Labute approximate surface area is 139 Å². The SMILES string of the molecule is [CH2][C@@H](C)CC(=N)c1nc(-c2ccccc2O)nc2ccc(F)cc12. The van der Waals surface area contributed by atoms with E-state index in [1.165, 1.54) is 12.1 Å². The van der Waals surface area contributed by atoms with Gasteiger partial charge in [0.15, 0.2) is 5.82 Å². The summed E-state index contributed by atoms with van der Waals surface area (Å²) in [6.07, 6.45) is 0.419. The highest BCUT2D eigenvalue weighted by Crippen LogP contribution is 2.29. The van der Waals surface area contributed by atoms with Gasteiger partial charge in [-0.2, -0.15) is 0 Å². The number of aromatic hydroxyl groups is 1. The Morgan fingerprint density at radius 3 is 2.71 bits per heavy atom. The number of para-hydroxylation sites is 1. The van der Waals surface area contributed by atoms with Crippen LogP contribution in [0.25, 0.3) is 22.3 Å². The molecule has 0 unspecified atom stereocenters. The van der Waals surface area contributed by atoms with Gasteiger partial charge in [0.1, 0.15) is 11.6 Å². The van der Waals surface area contributed by atoms with E-state index < -0.39 is 5.82 Å². The third-order valence-corrected chi connectivity index (χ3v) is 3.64. The summed E-state index contributed by atoms with van der Waals surface area (Å²) in [4.78, 5) is 8.86. The van der Waals surface area contributed by atoms with Crippen LogP contribution in [0.15, 0.2) is 42.5 Å². The molecular formula is C19H17FN3O. The fraction of sp³-hybridized carbons (Fsp3) is 0.158. The van der Waals surface area contributed by atoms with Gasteiger partial charge >= 0.3 is 0 Å². The number of nitrogens with one attached hydrogen (secondary N) is 1. The highest BCUT2D eigenvalue weighted by molar-refractivity contribution is 6.07. The van der Waals surface area contributed by atoms with Crippen molar-refractivity contribution in [1.82, 2.24) is 9.97 Å². The highest BCUT2D eigenvalue weighted by Gasteiger charge is 2.16.